The third-order valence-electron chi connectivity index (χ3n) is 6.36. The molecule has 1 unspecified atom stereocenters. The van der Waals surface area contributed by atoms with Crippen molar-refractivity contribution in [1.82, 2.24) is 29.7 Å². The lowest BCUT2D eigenvalue weighted by Gasteiger charge is -2.23. The number of nitriles is 1. The molecule has 246 valence electrons. The second-order valence-electron chi connectivity index (χ2n) is 9.38. The number of aliphatic carboxylic acids is 2. The number of hydrogen-bond donors (Lipinski definition) is 4. The van der Waals surface area contributed by atoms with Crippen LogP contribution < -0.4 is 10.6 Å². The molecule has 0 bridgehead atoms. The second kappa shape index (κ2) is 14.3. The van der Waals surface area contributed by atoms with E-state index >= 15 is 0 Å². The van der Waals surface area contributed by atoms with Gasteiger partial charge in [0.1, 0.15) is 12.0 Å². The molecule has 0 spiro atoms. The van der Waals surface area contributed by atoms with Crippen LogP contribution in [-0.2, 0) is 9.59 Å². The molecule has 0 amide bonds. The third-order valence-corrected chi connectivity index (χ3v) is 6.66. The van der Waals surface area contributed by atoms with E-state index in [4.69, 9.17) is 37.1 Å². The van der Waals surface area contributed by atoms with E-state index in [2.05, 4.69) is 31.1 Å². The molecule has 0 aromatic carbocycles. The minimum atomic E-state index is -5.08. The Balaban J connectivity index is 0.000000345. The number of halogens is 8. The molecule has 13 nitrogen and oxygen atoms in total. The number of pyridine rings is 1. The first-order valence-corrected chi connectivity index (χ1v) is 13.0. The number of hydrogen-bond acceptors (Lipinski definition) is 9. The minimum Gasteiger partial charge on any atom is -0.475 e. The highest BCUT2D eigenvalue weighted by molar-refractivity contribution is 6.31. The number of carboxylic acids is 2. The number of fused-ring (bicyclic) bond motifs is 1. The van der Waals surface area contributed by atoms with Gasteiger partial charge in [0.25, 0.3) is 0 Å². The Bertz CT molecular complexity index is 1710. The van der Waals surface area contributed by atoms with Crippen LogP contribution in [0.3, 0.4) is 0 Å². The summed E-state index contributed by atoms with van der Waals surface area (Å²) >= 11 is 6.00. The van der Waals surface area contributed by atoms with Crippen LogP contribution in [0, 0.1) is 23.1 Å². The maximum atomic E-state index is 14.4. The topological polar surface area (TPSA) is 200 Å². The SMILES string of the molecule is N#CCC([C@H]1CCN(c2nc(Cl)c(N)cc2F)C1)n1cc(-c2ncnc3[nH]ccc23)cn1.O=C(O)C(F)(F)F.O=C(O)C(F)(F)F. The fourth-order valence-electron chi connectivity index (χ4n) is 4.30. The molecular weight excluding hydrogens is 659 g/mol. The largest absolute Gasteiger partial charge is 0.490 e. The molecule has 21 heteroatoms. The number of aromatic nitrogens is 6. The highest BCUT2D eigenvalue weighted by atomic mass is 35.5. The van der Waals surface area contributed by atoms with Gasteiger partial charge >= 0.3 is 24.3 Å². The van der Waals surface area contributed by atoms with Gasteiger partial charge in [0.2, 0.25) is 0 Å². The maximum absolute atomic E-state index is 14.4. The minimum absolute atomic E-state index is 0.0797. The highest BCUT2D eigenvalue weighted by Gasteiger charge is 2.39. The average molecular weight is 680 g/mol. The monoisotopic (exact) mass is 679 g/mol. The number of alkyl halides is 6. The van der Waals surface area contributed by atoms with Crippen molar-refractivity contribution in [1.29, 1.82) is 5.26 Å². The Labute approximate surface area is 258 Å². The van der Waals surface area contributed by atoms with Gasteiger partial charge in [-0.3, -0.25) is 4.68 Å². The summed E-state index contributed by atoms with van der Waals surface area (Å²) in [5.74, 6) is -5.76. The predicted octanol–water partition coefficient (Wildman–Crippen LogP) is 4.84. The van der Waals surface area contributed by atoms with E-state index in [1.165, 1.54) is 12.4 Å². The Morgan fingerprint density at radius 1 is 1.17 bits per heavy atom. The van der Waals surface area contributed by atoms with Gasteiger partial charge in [-0.1, -0.05) is 11.6 Å². The third kappa shape index (κ3) is 8.71. The van der Waals surface area contributed by atoms with Crippen molar-refractivity contribution in [2.45, 2.75) is 31.2 Å². The first-order chi connectivity index (χ1) is 21.4. The molecule has 0 radical (unpaired) electrons. The molecule has 1 aliphatic heterocycles. The van der Waals surface area contributed by atoms with E-state index in [9.17, 15) is 36.0 Å². The van der Waals surface area contributed by atoms with E-state index in [-0.39, 0.29) is 35.0 Å². The lowest BCUT2D eigenvalue weighted by Crippen LogP contribution is -2.26. The maximum Gasteiger partial charge on any atom is 0.490 e. The lowest BCUT2D eigenvalue weighted by molar-refractivity contribution is -0.193. The van der Waals surface area contributed by atoms with Crippen molar-refractivity contribution in [2.24, 2.45) is 5.92 Å². The van der Waals surface area contributed by atoms with Gasteiger partial charge < -0.3 is 25.8 Å². The van der Waals surface area contributed by atoms with Gasteiger partial charge in [-0.15, -0.1) is 0 Å². The number of carbonyl (C=O) groups is 2. The molecule has 4 aromatic heterocycles. The van der Waals surface area contributed by atoms with Crippen molar-refractivity contribution < 1.29 is 50.5 Å². The quantitative estimate of drug-likeness (QED) is 0.166. The Morgan fingerprint density at radius 3 is 2.39 bits per heavy atom. The number of nitrogens with one attached hydrogen (secondary N) is 1. The van der Waals surface area contributed by atoms with E-state index in [0.29, 0.717) is 13.1 Å². The number of nitrogen functional groups attached to an aromatic ring is 1. The van der Waals surface area contributed by atoms with Crippen LogP contribution in [-0.4, -0.2) is 77.3 Å². The summed E-state index contributed by atoms with van der Waals surface area (Å²) in [6.07, 6.45) is -2.16. The zero-order valence-corrected chi connectivity index (χ0v) is 23.6. The van der Waals surface area contributed by atoms with Crippen LogP contribution in [0.2, 0.25) is 5.15 Å². The average Bonchev–Trinajstić information content (AvgIpc) is 3.74. The fraction of sp³-hybridized carbons (Fsp3) is 0.320. The van der Waals surface area contributed by atoms with Crippen molar-refractivity contribution in [2.75, 3.05) is 23.7 Å². The zero-order chi connectivity index (χ0) is 34.4. The van der Waals surface area contributed by atoms with Gasteiger partial charge in [0.05, 0.1) is 36.1 Å². The summed E-state index contributed by atoms with van der Waals surface area (Å²) in [7, 11) is 0. The van der Waals surface area contributed by atoms with Gasteiger partial charge in [0.15, 0.2) is 16.8 Å². The van der Waals surface area contributed by atoms with Crippen molar-refractivity contribution >= 4 is 46.1 Å². The summed E-state index contributed by atoms with van der Waals surface area (Å²) < 4.78 is 79.7. The summed E-state index contributed by atoms with van der Waals surface area (Å²) in [6.45, 7) is 1.13. The molecule has 46 heavy (non-hydrogen) atoms. The van der Waals surface area contributed by atoms with Crippen LogP contribution in [0.5, 0.6) is 0 Å². The molecule has 5 heterocycles. The van der Waals surface area contributed by atoms with Crippen LogP contribution in [0.15, 0.2) is 37.1 Å². The number of nitrogens with zero attached hydrogens (tertiary/aromatic N) is 7. The second-order valence-corrected chi connectivity index (χ2v) is 9.73. The highest BCUT2D eigenvalue weighted by Crippen LogP contribution is 2.35. The number of H-pyrrole nitrogens is 1. The lowest BCUT2D eigenvalue weighted by atomic mass is 9.96. The van der Waals surface area contributed by atoms with Gasteiger partial charge in [-0.05, 0) is 12.5 Å². The Hall–Kier alpha value is -5.19. The van der Waals surface area contributed by atoms with Crippen LogP contribution in [0.4, 0.5) is 42.2 Å². The first kappa shape index (κ1) is 35.3. The molecule has 1 fully saturated rings. The van der Waals surface area contributed by atoms with Gasteiger partial charge in [-0.25, -0.2) is 28.9 Å². The smallest absolute Gasteiger partial charge is 0.475 e. The van der Waals surface area contributed by atoms with Crippen molar-refractivity contribution in [3.05, 3.63) is 48.0 Å². The molecule has 1 aliphatic rings. The normalized spacial score (nSPS) is 15.3. The molecule has 0 aliphatic carbocycles. The standard InChI is InChI=1S/C21H19ClFN9.2C2HF3O2/c22-19-16(25)7-15(23)21(30-19)31-6-3-12(9-31)17(1-4-24)32-10-13(8-29-32)18-14-2-5-26-20(14)28-11-27-18;2*3-2(4,5)1(6)7/h2,5,7-8,10-12,17H,1,3,6,9,25H2,(H,26,27,28);2*(H,6,7)/t12-,17?;;/m0../s1. The summed E-state index contributed by atoms with van der Waals surface area (Å²) in [6, 6.07) is 5.20. The number of nitrogens with two attached hydrogens (primary N) is 1. The van der Waals surface area contributed by atoms with E-state index in [0.717, 1.165) is 28.7 Å². The van der Waals surface area contributed by atoms with Crippen molar-refractivity contribution in [3.63, 3.8) is 0 Å². The van der Waals surface area contributed by atoms with Crippen LogP contribution in [0.1, 0.15) is 18.9 Å². The van der Waals surface area contributed by atoms with E-state index in [1.807, 2.05) is 28.0 Å². The summed E-state index contributed by atoms with van der Waals surface area (Å²) in [5, 5.41) is 29.2. The fourth-order valence-corrected chi connectivity index (χ4v) is 4.44. The molecule has 4 aromatic rings. The molecule has 2 atom stereocenters. The number of aromatic amines is 1. The van der Waals surface area contributed by atoms with E-state index < -0.39 is 30.1 Å². The molecule has 5 N–H and O–H groups in total. The summed E-state index contributed by atoms with van der Waals surface area (Å²) in [5.41, 5.74) is 8.12. The van der Waals surface area contributed by atoms with E-state index in [1.54, 1.807) is 6.20 Å². The first-order valence-electron chi connectivity index (χ1n) is 12.6. The predicted molar refractivity (Wildman–Crippen MR) is 146 cm³/mol. The Morgan fingerprint density at radius 2 is 1.80 bits per heavy atom. The van der Waals surface area contributed by atoms with Crippen molar-refractivity contribution in [3.8, 4) is 17.3 Å². The zero-order valence-electron chi connectivity index (χ0n) is 22.9. The number of carboxylic acid groups (broad SMARTS) is 2. The number of anilines is 2. The molecular formula is C25H21ClF7N9O4. The van der Waals surface area contributed by atoms with Gasteiger partial charge in [0, 0.05) is 48.4 Å². The van der Waals surface area contributed by atoms with Crippen LogP contribution >= 0.6 is 11.6 Å². The molecule has 5 rings (SSSR count). The molecule has 1 saturated heterocycles. The summed E-state index contributed by atoms with van der Waals surface area (Å²) in [4.78, 5) is 35.5. The van der Waals surface area contributed by atoms with Gasteiger partial charge in [-0.2, -0.15) is 36.7 Å². The van der Waals surface area contributed by atoms with Crippen LogP contribution in [0.25, 0.3) is 22.3 Å². The molecule has 0 saturated carbocycles. The number of rotatable bonds is 5. The Kier molecular flexibility index (Phi) is 11.0.